The van der Waals surface area contributed by atoms with Crippen molar-refractivity contribution < 1.29 is 14.3 Å². The van der Waals surface area contributed by atoms with Crippen LogP contribution in [0.1, 0.15) is 56.6 Å². The van der Waals surface area contributed by atoms with Gasteiger partial charge in [-0.15, -0.1) is 12.4 Å². The second kappa shape index (κ2) is 11.3. The van der Waals surface area contributed by atoms with E-state index in [1.807, 2.05) is 4.31 Å². The molecule has 190 valence electrons. The molecule has 0 bridgehead atoms. The largest absolute Gasteiger partial charge is 0.454 e. The van der Waals surface area contributed by atoms with Gasteiger partial charge in [-0.25, -0.2) is 4.79 Å². The van der Waals surface area contributed by atoms with Gasteiger partial charge in [0.25, 0.3) is 0 Å². The third kappa shape index (κ3) is 5.23. The molecule has 1 saturated heterocycles. The van der Waals surface area contributed by atoms with E-state index >= 15 is 0 Å². The zero-order valence-corrected chi connectivity index (χ0v) is 22.0. The molecule has 5 rings (SSSR count). The number of rotatable bonds is 8. The molecular formula is C27H36ClN3O3S. The quantitative estimate of drug-likeness (QED) is 0.357. The number of unbranched alkanes of at least 4 members (excludes halogenated alkanes) is 1. The van der Waals surface area contributed by atoms with Crippen molar-refractivity contribution in [2.45, 2.75) is 69.5 Å². The molecule has 35 heavy (non-hydrogen) atoms. The minimum absolute atomic E-state index is 0. The molecule has 1 aliphatic carbocycles. The number of fused-ring (bicyclic) bond motifs is 2. The number of benzene rings is 2. The predicted octanol–water partition coefficient (Wildman–Crippen LogP) is 5.73. The van der Waals surface area contributed by atoms with Gasteiger partial charge >= 0.3 is 6.03 Å². The van der Waals surface area contributed by atoms with Crippen LogP contribution in [0.3, 0.4) is 0 Å². The molecule has 0 aromatic heterocycles. The molecule has 8 heteroatoms. The standard InChI is InChI=1S/C27H35N3O3S.ClH/c1-2-3-15-34-30(26(28)31)22-11-12-27(21-9-10-23-24(16-21)33-19-32-23)13-14-29(25(27)17-22)18-20-7-5-4-6-8-20;/h4-10,16,22,25H,2-3,11-15,17-19H2,1H3,(H2,28,31);1H. The summed E-state index contributed by atoms with van der Waals surface area (Å²) in [5.74, 6) is 2.61. The number of urea groups is 1. The Morgan fingerprint density at radius 2 is 1.97 bits per heavy atom. The van der Waals surface area contributed by atoms with E-state index in [4.69, 9.17) is 15.2 Å². The SMILES string of the molecule is CCCCSN(C(N)=O)C1CCC2(c3ccc4c(c3)OCO4)CCN(Cc3ccccc3)C2C1.Cl. The molecule has 2 aromatic rings. The number of amides is 2. The number of primary amides is 1. The van der Waals surface area contributed by atoms with Gasteiger partial charge in [0.05, 0.1) is 0 Å². The Kier molecular flexibility index (Phi) is 8.40. The topological polar surface area (TPSA) is 68.0 Å². The molecule has 2 aliphatic heterocycles. The zero-order chi connectivity index (χ0) is 23.5. The Hall–Kier alpha value is -2.09. The lowest BCUT2D eigenvalue weighted by atomic mass is 9.65. The van der Waals surface area contributed by atoms with Gasteiger partial charge in [-0.2, -0.15) is 0 Å². The average molecular weight is 518 g/mol. The molecule has 2 fully saturated rings. The molecule has 3 unspecified atom stereocenters. The Bertz CT molecular complexity index is 1010. The molecule has 2 amide bonds. The van der Waals surface area contributed by atoms with Crippen molar-refractivity contribution in [3.05, 3.63) is 59.7 Å². The number of carbonyl (C=O) groups excluding carboxylic acids is 1. The lowest BCUT2D eigenvalue weighted by molar-refractivity contribution is 0.113. The second-order valence-corrected chi connectivity index (χ2v) is 10.8. The van der Waals surface area contributed by atoms with Crippen LogP contribution in [0.4, 0.5) is 4.79 Å². The Morgan fingerprint density at radius 3 is 2.74 bits per heavy atom. The summed E-state index contributed by atoms with van der Waals surface area (Å²) >= 11 is 1.61. The van der Waals surface area contributed by atoms with E-state index < -0.39 is 0 Å². The van der Waals surface area contributed by atoms with Crippen LogP contribution in [0.15, 0.2) is 48.5 Å². The number of carbonyl (C=O) groups is 1. The van der Waals surface area contributed by atoms with Crippen molar-refractivity contribution in [2.75, 3.05) is 19.1 Å². The maximum atomic E-state index is 12.4. The van der Waals surface area contributed by atoms with Crippen molar-refractivity contribution in [1.29, 1.82) is 0 Å². The highest BCUT2D eigenvalue weighted by atomic mass is 35.5. The van der Waals surface area contributed by atoms with Gasteiger partial charge in [0.2, 0.25) is 6.79 Å². The minimum Gasteiger partial charge on any atom is -0.454 e. The Morgan fingerprint density at radius 1 is 1.17 bits per heavy atom. The number of likely N-dealkylation sites (tertiary alicyclic amines) is 1. The fourth-order valence-corrected chi connectivity index (χ4v) is 7.19. The summed E-state index contributed by atoms with van der Waals surface area (Å²) in [5, 5.41) is 0. The molecule has 0 radical (unpaired) electrons. The van der Waals surface area contributed by atoms with Crippen molar-refractivity contribution in [1.82, 2.24) is 9.21 Å². The van der Waals surface area contributed by atoms with Gasteiger partial charge in [0, 0.05) is 29.8 Å². The number of nitrogens with zero attached hydrogens (tertiary/aromatic N) is 2. The van der Waals surface area contributed by atoms with Crippen LogP contribution >= 0.6 is 24.4 Å². The highest BCUT2D eigenvalue weighted by Gasteiger charge is 2.52. The van der Waals surface area contributed by atoms with E-state index in [1.165, 1.54) is 11.1 Å². The summed E-state index contributed by atoms with van der Waals surface area (Å²) in [6.07, 6.45) is 6.24. The minimum atomic E-state index is -0.311. The van der Waals surface area contributed by atoms with Crippen LogP contribution < -0.4 is 15.2 Å². The fraction of sp³-hybridized carbons (Fsp3) is 0.519. The number of ether oxygens (including phenoxy) is 2. The highest BCUT2D eigenvalue weighted by molar-refractivity contribution is 7.97. The first-order chi connectivity index (χ1) is 16.6. The summed E-state index contributed by atoms with van der Waals surface area (Å²) in [6, 6.07) is 17.4. The summed E-state index contributed by atoms with van der Waals surface area (Å²) < 4.78 is 13.2. The second-order valence-electron chi connectivity index (χ2n) is 9.73. The zero-order valence-electron chi connectivity index (χ0n) is 20.4. The smallest absolute Gasteiger partial charge is 0.325 e. The van der Waals surface area contributed by atoms with E-state index in [0.717, 1.165) is 68.9 Å². The third-order valence-electron chi connectivity index (χ3n) is 7.80. The van der Waals surface area contributed by atoms with Crippen LogP contribution in [-0.2, 0) is 12.0 Å². The molecule has 3 atom stereocenters. The number of nitrogens with two attached hydrogens (primary N) is 1. The van der Waals surface area contributed by atoms with E-state index in [1.54, 1.807) is 11.9 Å². The first-order valence-corrected chi connectivity index (χ1v) is 13.4. The number of halogens is 1. The first-order valence-electron chi connectivity index (χ1n) is 12.5. The van der Waals surface area contributed by atoms with Crippen LogP contribution in [-0.4, -0.2) is 46.4 Å². The van der Waals surface area contributed by atoms with Crippen LogP contribution in [0, 0.1) is 0 Å². The lowest BCUT2D eigenvalue weighted by Gasteiger charge is -2.47. The molecule has 1 saturated carbocycles. The van der Waals surface area contributed by atoms with Crippen molar-refractivity contribution in [3.63, 3.8) is 0 Å². The summed E-state index contributed by atoms with van der Waals surface area (Å²) in [5.41, 5.74) is 8.58. The van der Waals surface area contributed by atoms with Crippen molar-refractivity contribution in [3.8, 4) is 11.5 Å². The van der Waals surface area contributed by atoms with E-state index in [9.17, 15) is 4.79 Å². The number of hydrogen-bond donors (Lipinski definition) is 1. The summed E-state index contributed by atoms with van der Waals surface area (Å²) in [6.45, 7) is 4.43. The van der Waals surface area contributed by atoms with Gasteiger partial charge in [-0.05, 0) is 73.9 Å². The molecule has 2 heterocycles. The van der Waals surface area contributed by atoms with Crippen molar-refractivity contribution >= 4 is 30.4 Å². The van der Waals surface area contributed by atoms with Gasteiger partial charge in [-0.1, -0.05) is 49.7 Å². The van der Waals surface area contributed by atoms with Gasteiger partial charge in [0.15, 0.2) is 11.5 Å². The van der Waals surface area contributed by atoms with Gasteiger partial charge in [-0.3, -0.25) is 9.21 Å². The summed E-state index contributed by atoms with van der Waals surface area (Å²) in [4.78, 5) is 15.0. The first kappa shape index (κ1) is 26.0. The van der Waals surface area contributed by atoms with Crippen LogP contribution in [0.5, 0.6) is 11.5 Å². The molecule has 2 aromatic carbocycles. The molecule has 0 spiro atoms. The lowest BCUT2D eigenvalue weighted by Crippen LogP contribution is -2.52. The molecule has 2 N–H and O–H groups in total. The normalized spacial score (nSPS) is 25.1. The van der Waals surface area contributed by atoms with E-state index in [0.29, 0.717) is 12.8 Å². The van der Waals surface area contributed by atoms with Crippen molar-refractivity contribution in [2.24, 2.45) is 5.73 Å². The monoisotopic (exact) mass is 517 g/mol. The Balaban J connectivity index is 0.00000289. The van der Waals surface area contributed by atoms with Crippen LogP contribution in [0.25, 0.3) is 0 Å². The fourth-order valence-electron chi connectivity index (χ4n) is 6.04. The van der Waals surface area contributed by atoms with E-state index in [2.05, 4.69) is 60.4 Å². The van der Waals surface area contributed by atoms with E-state index in [-0.39, 0.29) is 29.9 Å². The maximum absolute atomic E-state index is 12.4. The van der Waals surface area contributed by atoms with Crippen LogP contribution in [0.2, 0.25) is 0 Å². The molecule has 6 nitrogen and oxygen atoms in total. The predicted molar refractivity (Wildman–Crippen MR) is 143 cm³/mol. The molecule has 3 aliphatic rings. The van der Waals surface area contributed by atoms with Gasteiger partial charge in [0.1, 0.15) is 0 Å². The third-order valence-corrected chi connectivity index (χ3v) is 9.02. The number of hydrogen-bond acceptors (Lipinski definition) is 5. The summed E-state index contributed by atoms with van der Waals surface area (Å²) in [7, 11) is 0. The molecular weight excluding hydrogens is 482 g/mol. The van der Waals surface area contributed by atoms with Gasteiger partial charge < -0.3 is 15.2 Å². The maximum Gasteiger partial charge on any atom is 0.325 e. The Labute approximate surface area is 219 Å². The average Bonchev–Trinajstić information content (AvgIpc) is 3.47. The highest BCUT2D eigenvalue weighted by Crippen LogP contribution is 2.52.